The Hall–Kier alpha value is -1.66. The first-order valence-electron chi connectivity index (χ1n) is 8.11. The molecule has 0 saturated carbocycles. The first-order valence-corrected chi connectivity index (χ1v) is 9.55. The van der Waals surface area contributed by atoms with Crippen LogP contribution >= 0.6 is 0 Å². The van der Waals surface area contributed by atoms with Crippen molar-refractivity contribution in [1.82, 2.24) is 13.9 Å². The minimum atomic E-state index is -3.49. The van der Waals surface area contributed by atoms with E-state index in [-0.39, 0.29) is 11.1 Å². The molecule has 0 aliphatic carbocycles. The van der Waals surface area contributed by atoms with Crippen LogP contribution in [-0.2, 0) is 23.5 Å². The van der Waals surface area contributed by atoms with Crippen LogP contribution in [0.25, 0.3) is 0 Å². The maximum Gasteiger partial charge on any atom is 0.262 e. The van der Waals surface area contributed by atoms with Gasteiger partial charge in [0.25, 0.3) is 10.0 Å². The monoisotopic (exact) mass is 333 g/mol. The van der Waals surface area contributed by atoms with Gasteiger partial charge in [-0.3, -0.25) is 0 Å². The predicted molar refractivity (Wildman–Crippen MR) is 89.5 cm³/mol. The van der Waals surface area contributed by atoms with Crippen LogP contribution in [0.3, 0.4) is 0 Å². The number of aromatic nitrogens is 2. The van der Waals surface area contributed by atoms with Crippen molar-refractivity contribution in [3.05, 3.63) is 48.4 Å². The summed E-state index contributed by atoms with van der Waals surface area (Å²) in [6.07, 6.45) is 7.82. The van der Waals surface area contributed by atoms with Crippen molar-refractivity contribution in [2.75, 3.05) is 6.54 Å². The summed E-state index contributed by atoms with van der Waals surface area (Å²) in [5.74, 6) is 0. The lowest BCUT2D eigenvalue weighted by Crippen LogP contribution is -2.44. The molecule has 0 bridgehead atoms. The second-order valence-corrected chi connectivity index (χ2v) is 8.00. The number of piperidine rings is 1. The van der Waals surface area contributed by atoms with Crippen LogP contribution in [0.15, 0.2) is 47.9 Å². The molecule has 2 aromatic rings. The number of nitrogens with zero attached hydrogens (tertiary/aromatic N) is 3. The highest BCUT2D eigenvalue weighted by Crippen LogP contribution is 2.27. The molecule has 6 heteroatoms. The van der Waals surface area contributed by atoms with E-state index in [1.807, 2.05) is 18.2 Å². The summed E-state index contributed by atoms with van der Waals surface area (Å²) in [6, 6.07) is 10.3. The van der Waals surface area contributed by atoms with Crippen molar-refractivity contribution >= 4 is 10.0 Å². The Morgan fingerprint density at radius 1 is 1.22 bits per heavy atom. The molecule has 0 radical (unpaired) electrons. The maximum absolute atomic E-state index is 12.9. The summed E-state index contributed by atoms with van der Waals surface area (Å²) in [5, 5.41) is 0.159. The fraction of sp³-hybridized carbons (Fsp3) is 0.471. The molecule has 1 saturated heterocycles. The molecule has 1 unspecified atom stereocenters. The van der Waals surface area contributed by atoms with E-state index in [4.69, 9.17) is 0 Å². The molecule has 1 aliphatic rings. The molecule has 5 nitrogen and oxygen atoms in total. The van der Waals surface area contributed by atoms with E-state index in [1.54, 1.807) is 22.1 Å². The van der Waals surface area contributed by atoms with Crippen molar-refractivity contribution in [2.45, 2.75) is 43.2 Å². The van der Waals surface area contributed by atoms with Crippen LogP contribution in [0, 0.1) is 0 Å². The Balaban J connectivity index is 1.76. The van der Waals surface area contributed by atoms with Crippen molar-refractivity contribution in [2.24, 2.45) is 7.05 Å². The molecule has 23 heavy (non-hydrogen) atoms. The van der Waals surface area contributed by atoms with Gasteiger partial charge in [0.05, 0.1) is 6.33 Å². The van der Waals surface area contributed by atoms with Crippen LogP contribution < -0.4 is 0 Å². The number of rotatable bonds is 5. The number of hydrogen-bond donors (Lipinski definition) is 0. The second kappa shape index (κ2) is 6.84. The first-order chi connectivity index (χ1) is 11.1. The average Bonchev–Trinajstić information content (AvgIpc) is 3.01. The second-order valence-electron chi connectivity index (χ2n) is 6.17. The highest BCUT2D eigenvalue weighted by Gasteiger charge is 2.34. The maximum atomic E-state index is 12.9. The molecule has 0 spiro atoms. The first kappa shape index (κ1) is 16.2. The summed E-state index contributed by atoms with van der Waals surface area (Å²) >= 11 is 0. The van der Waals surface area contributed by atoms with Crippen LogP contribution in [0.5, 0.6) is 0 Å². The zero-order chi connectivity index (χ0) is 16.3. The summed E-state index contributed by atoms with van der Waals surface area (Å²) in [6.45, 7) is 0.596. The highest BCUT2D eigenvalue weighted by molar-refractivity contribution is 7.89. The van der Waals surface area contributed by atoms with E-state index < -0.39 is 10.0 Å². The highest BCUT2D eigenvalue weighted by atomic mass is 32.2. The molecule has 0 amide bonds. The smallest absolute Gasteiger partial charge is 0.262 e. The summed E-state index contributed by atoms with van der Waals surface area (Å²) in [4.78, 5) is 4.05. The SMILES string of the molecule is Cn1cnc(S(=O)(=O)N2CCCCC2CCc2ccccc2)c1. The number of hydrogen-bond acceptors (Lipinski definition) is 3. The molecule has 1 fully saturated rings. The van der Waals surface area contributed by atoms with Gasteiger partial charge < -0.3 is 4.57 Å². The van der Waals surface area contributed by atoms with Crippen LogP contribution in [0.4, 0.5) is 0 Å². The number of benzene rings is 1. The van der Waals surface area contributed by atoms with Gasteiger partial charge in [-0.1, -0.05) is 36.8 Å². The van der Waals surface area contributed by atoms with Gasteiger partial charge in [-0.05, 0) is 31.2 Å². The van der Waals surface area contributed by atoms with E-state index in [0.717, 1.165) is 32.1 Å². The molecule has 0 N–H and O–H groups in total. The third-order valence-corrected chi connectivity index (χ3v) is 6.27. The van der Waals surface area contributed by atoms with Gasteiger partial charge in [-0.15, -0.1) is 0 Å². The van der Waals surface area contributed by atoms with Crippen molar-refractivity contribution in [1.29, 1.82) is 0 Å². The third-order valence-electron chi connectivity index (χ3n) is 4.44. The summed E-state index contributed by atoms with van der Waals surface area (Å²) < 4.78 is 29.1. The molecule has 1 aromatic carbocycles. The molecule has 1 aromatic heterocycles. The Labute approximate surface area is 138 Å². The van der Waals surface area contributed by atoms with Crippen molar-refractivity contribution in [3.63, 3.8) is 0 Å². The van der Waals surface area contributed by atoms with Crippen molar-refractivity contribution in [3.8, 4) is 0 Å². The minimum absolute atomic E-state index is 0.0657. The van der Waals surface area contributed by atoms with Crippen LogP contribution in [0.1, 0.15) is 31.2 Å². The van der Waals surface area contributed by atoms with E-state index in [1.165, 1.54) is 11.9 Å². The molecule has 2 heterocycles. The average molecular weight is 333 g/mol. The Morgan fingerprint density at radius 3 is 2.70 bits per heavy atom. The normalized spacial score (nSPS) is 19.8. The van der Waals surface area contributed by atoms with Gasteiger partial charge in [0.2, 0.25) is 0 Å². The standard InChI is InChI=1S/C17H23N3O2S/c1-19-13-17(18-14-19)23(21,22)20-12-6-5-9-16(20)11-10-15-7-3-2-4-8-15/h2-4,7-8,13-14,16H,5-6,9-12H2,1H3. The van der Waals surface area contributed by atoms with E-state index in [2.05, 4.69) is 17.1 Å². The summed E-state index contributed by atoms with van der Waals surface area (Å²) in [5.41, 5.74) is 1.26. The van der Waals surface area contributed by atoms with Gasteiger partial charge in [0, 0.05) is 25.8 Å². The Kier molecular flexibility index (Phi) is 4.82. The van der Waals surface area contributed by atoms with Gasteiger partial charge >= 0.3 is 0 Å². The fourth-order valence-corrected chi connectivity index (χ4v) is 4.89. The fourth-order valence-electron chi connectivity index (χ4n) is 3.20. The lowest BCUT2D eigenvalue weighted by atomic mass is 9.98. The topological polar surface area (TPSA) is 55.2 Å². The minimum Gasteiger partial charge on any atom is -0.339 e. The Morgan fingerprint density at radius 2 is 2.00 bits per heavy atom. The van der Waals surface area contributed by atoms with E-state index >= 15 is 0 Å². The Bertz CT molecular complexity index is 740. The quantitative estimate of drug-likeness (QED) is 0.845. The van der Waals surface area contributed by atoms with Gasteiger partial charge in [-0.25, -0.2) is 13.4 Å². The van der Waals surface area contributed by atoms with E-state index in [0.29, 0.717) is 6.54 Å². The van der Waals surface area contributed by atoms with Crippen molar-refractivity contribution < 1.29 is 8.42 Å². The van der Waals surface area contributed by atoms with Gasteiger partial charge in [-0.2, -0.15) is 4.31 Å². The predicted octanol–water partition coefficient (Wildman–Crippen LogP) is 2.60. The lowest BCUT2D eigenvalue weighted by molar-refractivity contribution is 0.240. The number of aryl methyl sites for hydroxylation is 2. The third kappa shape index (κ3) is 3.64. The number of sulfonamides is 1. The molecule has 124 valence electrons. The van der Waals surface area contributed by atoms with Gasteiger partial charge in [0.15, 0.2) is 5.03 Å². The largest absolute Gasteiger partial charge is 0.339 e. The number of imidazole rings is 1. The lowest BCUT2D eigenvalue weighted by Gasteiger charge is -2.34. The molecule has 1 atom stereocenters. The van der Waals surface area contributed by atoms with Gasteiger partial charge in [0.1, 0.15) is 0 Å². The molecule has 3 rings (SSSR count). The zero-order valence-corrected chi connectivity index (χ0v) is 14.2. The molecular weight excluding hydrogens is 310 g/mol. The zero-order valence-electron chi connectivity index (χ0n) is 13.4. The molecular formula is C17H23N3O2S. The van der Waals surface area contributed by atoms with Crippen LogP contribution in [0.2, 0.25) is 0 Å². The summed E-state index contributed by atoms with van der Waals surface area (Å²) in [7, 11) is -1.71. The van der Waals surface area contributed by atoms with Crippen LogP contribution in [-0.4, -0.2) is 34.9 Å². The van der Waals surface area contributed by atoms with E-state index in [9.17, 15) is 8.42 Å². The molecule has 1 aliphatic heterocycles.